The van der Waals surface area contributed by atoms with Crippen LogP contribution in [0.2, 0.25) is 0 Å². The number of ether oxygens (including phenoxy) is 2. The lowest BCUT2D eigenvalue weighted by Gasteiger charge is -2.29. The Balaban J connectivity index is 1.66. The van der Waals surface area contributed by atoms with Crippen LogP contribution in [0, 0.1) is 6.92 Å². The second-order valence-electron chi connectivity index (χ2n) is 9.18. The van der Waals surface area contributed by atoms with Crippen molar-refractivity contribution in [1.82, 2.24) is 9.80 Å². The van der Waals surface area contributed by atoms with Crippen LogP contribution in [0.3, 0.4) is 0 Å². The van der Waals surface area contributed by atoms with Gasteiger partial charge in [-0.15, -0.1) is 0 Å². The second-order valence-corrected chi connectivity index (χ2v) is 10.1. The number of carbonyl (C=O) groups is 2. The van der Waals surface area contributed by atoms with Gasteiger partial charge in [0.1, 0.15) is 11.5 Å². The molecule has 2 aromatic carbocycles. The summed E-state index contributed by atoms with van der Waals surface area (Å²) in [6, 6.07) is 12.3. The zero-order valence-corrected chi connectivity index (χ0v) is 22.4. The fourth-order valence-electron chi connectivity index (χ4n) is 4.75. The highest BCUT2D eigenvalue weighted by molar-refractivity contribution is 9.10. The van der Waals surface area contributed by atoms with Gasteiger partial charge in [0.2, 0.25) is 0 Å². The number of aryl methyl sites for hydroxylation is 1. The standard InChI is InChI=1S/C28H33BrN2O5/c1-3-15-36-22-9-10-23(19(2)18-22)26(32)24-25(20-5-7-21(29)8-6-20)31(28(34)27(24)33)12-4-11-30-13-16-35-17-14-30/h5-10,18,25,32H,3-4,11-17H2,1-2H3/t25-/m0/s1. The van der Waals surface area contributed by atoms with Gasteiger partial charge in [-0.25, -0.2) is 0 Å². The lowest BCUT2D eigenvalue weighted by Crippen LogP contribution is -2.38. The smallest absolute Gasteiger partial charge is 0.295 e. The summed E-state index contributed by atoms with van der Waals surface area (Å²) in [5.41, 5.74) is 2.20. The third kappa shape index (κ3) is 5.82. The van der Waals surface area contributed by atoms with Gasteiger partial charge < -0.3 is 19.5 Å². The zero-order valence-electron chi connectivity index (χ0n) is 20.8. The Morgan fingerprint density at radius 1 is 1.11 bits per heavy atom. The van der Waals surface area contributed by atoms with Crippen molar-refractivity contribution in [2.24, 2.45) is 0 Å². The van der Waals surface area contributed by atoms with Gasteiger partial charge in [-0.2, -0.15) is 0 Å². The summed E-state index contributed by atoms with van der Waals surface area (Å²) in [6.45, 7) is 8.90. The Labute approximate surface area is 220 Å². The SMILES string of the molecule is CCCOc1ccc(C(O)=C2C(=O)C(=O)N(CCCN3CCOCC3)[C@H]2c2ccc(Br)cc2)c(C)c1. The van der Waals surface area contributed by atoms with Crippen molar-refractivity contribution in [2.45, 2.75) is 32.7 Å². The molecule has 2 saturated heterocycles. The van der Waals surface area contributed by atoms with Crippen LogP contribution in [-0.2, 0) is 14.3 Å². The number of ketones is 1. The Morgan fingerprint density at radius 3 is 2.50 bits per heavy atom. The van der Waals surface area contributed by atoms with Crippen molar-refractivity contribution in [1.29, 1.82) is 0 Å². The fraction of sp³-hybridized carbons (Fsp3) is 0.429. The first kappa shape index (κ1) is 26.4. The molecule has 1 N–H and O–H groups in total. The van der Waals surface area contributed by atoms with Crippen molar-refractivity contribution >= 4 is 33.4 Å². The molecule has 0 saturated carbocycles. The largest absolute Gasteiger partial charge is 0.507 e. The van der Waals surface area contributed by atoms with Crippen molar-refractivity contribution in [3.8, 4) is 5.75 Å². The van der Waals surface area contributed by atoms with Crippen molar-refractivity contribution in [2.75, 3.05) is 46.0 Å². The summed E-state index contributed by atoms with van der Waals surface area (Å²) in [5, 5.41) is 11.4. The second kappa shape index (κ2) is 12.0. The van der Waals surface area contributed by atoms with E-state index in [0.29, 0.717) is 37.7 Å². The Kier molecular flexibility index (Phi) is 8.82. The van der Waals surface area contributed by atoms with Gasteiger partial charge in [0.25, 0.3) is 11.7 Å². The molecule has 4 rings (SSSR count). The summed E-state index contributed by atoms with van der Waals surface area (Å²) in [7, 11) is 0. The fourth-order valence-corrected chi connectivity index (χ4v) is 5.01. The minimum absolute atomic E-state index is 0.124. The molecule has 0 aliphatic carbocycles. The normalized spacial score (nSPS) is 20.2. The molecule has 2 aliphatic rings. The first-order valence-corrected chi connectivity index (χ1v) is 13.3. The van der Waals surface area contributed by atoms with Crippen LogP contribution in [0.25, 0.3) is 5.76 Å². The van der Waals surface area contributed by atoms with E-state index in [1.54, 1.807) is 17.0 Å². The number of benzene rings is 2. The molecule has 1 amide bonds. The molecule has 8 heteroatoms. The highest BCUT2D eigenvalue weighted by Crippen LogP contribution is 2.40. The van der Waals surface area contributed by atoms with Crippen molar-refractivity contribution in [3.05, 3.63) is 69.2 Å². The number of halogens is 1. The Morgan fingerprint density at radius 2 is 1.83 bits per heavy atom. The minimum Gasteiger partial charge on any atom is -0.507 e. The van der Waals surface area contributed by atoms with Crippen LogP contribution < -0.4 is 4.74 Å². The molecule has 0 radical (unpaired) electrons. The van der Waals surface area contributed by atoms with E-state index in [1.165, 1.54) is 0 Å². The molecule has 192 valence electrons. The van der Waals surface area contributed by atoms with E-state index in [-0.39, 0.29) is 11.3 Å². The molecule has 7 nitrogen and oxygen atoms in total. The number of Topliss-reactive ketones (excluding diaryl/α,β-unsaturated/α-hetero) is 1. The summed E-state index contributed by atoms with van der Waals surface area (Å²) in [5.74, 6) is -0.681. The lowest BCUT2D eigenvalue weighted by atomic mass is 9.94. The molecule has 1 atom stereocenters. The van der Waals surface area contributed by atoms with E-state index in [2.05, 4.69) is 20.8 Å². The maximum Gasteiger partial charge on any atom is 0.295 e. The van der Waals surface area contributed by atoms with Crippen LogP contribution in [0.1, 0.15) is 42.5 Å². The quantitative estimate of drug-likeness (QED) is 0.274. The number of aliphatic hydroxyl groups excluding tert-OH is 1. The van der Waals surface area contributed by atoms with Gasteiger partial charge in [-0.05, 0) is 61.2 Å². The summed E-state index contributed by atoms with van der Waals surface area (Å²) >= 11 is 3.46. The van der Waals surface area contributed by atoms with Crippen molar-refractivity contribution < 1.29 is 24.2 Å². The number of carbonyl (C=O) groups excluding carboxylic acids is 2. The number of amides is 1. The van der Waals surface area contributed by atoms with E-state index < -0.39 is 17.7 Å². The van der Waals surface area contributed by atoms with Gasteiger partial charge in [0.05, 0.1) is 31.4 Å². The van der Waals surface area contributed by atoms with Gasteiger partial charge in [0, 0.05) is 36.2 Å². The predicted molar refractivity (Wildman–Crippen MR) is 142 cm³/mol. The lowest BCUT2D eigenvalue weighted by molar-refractivity contribution is -0.140. The van der Waals surface area contributed by atoms with Gasteiger partial charge in [-0.3, -0.25) is 14.5 Å². The van der Waals surface area contributed by atoms with Crippen LogP contribution >= 0.6 is 15.9 Å². The van der Waals surface area contributed by atoms with E-state index in [9.17, 15) is 14.7 Å². The number of morpholine rings is 1. The first-order valence-electron chi connectivity index (χ1n) is 12.5. The molecule has 0 spiro atoms. The van der Waals surface area contributed by atoms with Crippen molar-refractivity contribution in [3.63, 3.8) is 0 Å². The van der Waals surface area contributed by atoms with E-state index in [4.69, 9.17) is 9.47 Å². The third-order valence-electron chi connectivity index (χ3n) is 6.63. The third-order valence-corrected chi connectivity index (χ3v) is 7.16. The maximum atomic E-state index is 13.3. The van der Waals surface area contributed by atoms with Crippen LogP contribution in [0.4, 0.5) is 0 Å². The average molecular weight is 557 g/mol. The molecule has 36 heavy (non-hydrogen) atoms. The molecular weight excluding hydrogens is 524 g/mol. The molecule has 2 aromatic rings. The zero-order chi connectivity index (χ0) is 25.7. The van der Waals surface area contributed by atoms with Crippen LogP contribution in [-0.4, -0.2) is 72.6 Å². The van der Waals surface area contributed by atoms with E-state index in [1.807, 2.05) is 44.2 Å². The number of likely N-dealkylation sites (tertiary alicyclic amines) is 1. The number of nitrogens with zero attached hydrogens (tertiary/aromatic N) is 2. The topological polar surface area (TPSA) is 79.3 Å². The maximum absolute atomic E-state index is 13.3. The summed E-state index contributed by atoms with van der Waals surface area (Å²) in [4.78, 5) is 30.4. The van der Waals surface area contributed by atoms with E-state index >= 15 is 0 Å². The molecule has 2 aliphatic heterocycles. The molecule has 2 fully saturated rings. The first-order chi connectivity index (χ1) is 17.4. The predicted octanol–water partition coefficient (Wildman–Crippen LogP) is 4.69. The minimum atomic E-state index is -0.655. The summed E-state index contributed by atoms with van der Waals surface area (Å²) in [6.07, 6.45) is 1.62. The number of rotatable bonds is 9. The molecular formula is C28H33BrN2O5. The molecule has 0 unspecified atom stereocenters. The highest BCUT2D eigenvalue weighted by atomic mass is 79.9. The number of aliphatic hydroxyl groups is 1. The average Bonchev–Trinajstić information content (AvgIpc) is 3.13. The van der Waals surface area contributed by atoms with Crippen LogP contribution in [0.5, 0.6) is 5.75 Å². The monoisotopic (exact) mass is 556 g/mol. The van der Waals surface area contributed by atoms with Gasteiger partial charge in [0.15, 0.2) is 0 Å². The van der Waals surface area contributed by atoms with Crippen LogP contribution in [0.15, 0.2) is 52.5 Å². The summed E-state index contributed by atoms with van der Waals surface area (Å²) < 4.78 is 12.0. The Hall–Kier alpha value is -2.68. The van der Waals surface area contributed by atoms with E-state index in [0.717, 1.165) is 48.1 Å². The molecule has 2 heterocycles. The van der Waals surface area contributed by atoms with Gasteiger partial charge in [-0.1, -0.05) is 35.0 Å². The number of hydrogen-bond acceptors (Lipinski definition) is 6. The molecule has 0 aromatic heterocycles. The van der Waals surface area contributed by atoms with Gasteiger partial charge >= 0.3 is 0 Å². The molecule has 0 bridgehead atoms. The number of hydrogen-bond donors (Lipinski definition) is 1. The highest BCUT2D eigenvalue weighted by Gasteiger charge is 2.46. The Bertz CT molecular complexity index is 1130.